The molecule has 2 aliphatic rings. The van der Waals surface area contributed by atoms with Crippen LogP contribution in [0.4, 0.5) is 0 Å². The Morgan fingerprint density at radius 2 is 2.16 bits per heavy atom. The van der Waals surface area contributed by atoms with Crippen molar-refractivity contribution in [2.24, 2.45) is 11.8 Å². The molecule has 0 radical (unpaired) electrons. The van der Waals surface area contributed by atoms with Gasteiger partial charge in [-0.05, 0) is 37.2 Å². The van der Waals surface area contributed by atoms with Crippen LogP contribution in [0.5, 0.6) is 0 Å². The summed E-state index contributed by atoms with van der Waals surface area (Å²) in [6.45, 7) is 0. The van der Waals surface area contributed by atoms with Crippen LogP contribution in [0.1, 0.15) is 36.0 Å². The molecule has 0 spiro atoms. The standard InChI is InChI=1S/C12H15NO4S2/c14-12(15)9-5-11(18-6-9)19(16,17)13-10-4-7-1-2-8(10)3-7/h5-8,10,13H,1-4H2,(H,14,15). The highest BCUT2D eigenvalue weighted by molar-refractivity contribution is 7.91. The molecular weight excluding hydrogens is 286 g/mol. The first-order valence-electron chi connectivity index (χ1n) is 6.30. The number of carboxylic acids is 1. The van der Waals surface area contributed by atoms with Gasteiger partial charge in [0.15, 0.2) is 0 Å². The van der Waals surface area contributed by atoms with Gasteiger partial charge in [-0.25, -0.2) is 17.9 Å². The van der Waals surface area contributed by atoms with Crippen LogP contribution < -0.4 is 4.72 Å². The number of thiophene rings is 1. The van der Waals surface area contributed by atoms with Crippen molar-refractivity contribution in [3.63, 3.8) is 0 Å². The highest BCUT2D eigenvalue weighted by atomic mass is 32.2. The maximum absolute atomic E-state index is 12.2. The van der Waals surface area contributed by atoms with Crippen LogP contribution in [-0.4, -0.2) is 25.5 Å². The van der Waals surface area contributed by atoms with Crippen molar-refractivity contribution in [2.75, 3.05) is 0 Å². The number of aromatic carboxylic acids is 1. The van der Waals surface area contributed by atoms with Crippen molar-refractivity contribution < 1.29 is 18.3 Å². The summed E-state index contributed by atoms with van der Waals surface area (Å²) < 4.78 is 27.2. The molecule has 0 aromatic carbocycles. The Kier molecular flexibility index (Phi) is 3.15. The summed E-state index contributed by atoms with van der Waals surface area (Å²) in [5, 5.41) is 10.2. The highest BCUT2D eigenvalue weighted by Gasteiger charge is 2.41. The Hall–Kier alpha value is -0.920. The molecule has 0 aliphatic heterocycles. The summed E-state index contributed by atoms with van der Waals surface area (Å²) in [7, 11) is -3.57. The molecule has 2 saturated carbocycles. The molecule has 2 bridgehead atoms. The molecule has 1 aromatic rings. The lowest BCUT2D eigenvalue weighted by molar-refractivity contribution is 0.0697. The van der Waals surface area contributed by atoms with E-state index in [1.54, 1.807) is 0 Å². The fraction of sp³-hybridized carbons (Fsp3) is 0.583. The number of hydrogen-bond donors (Lipinski definition) is 2. The average molecular weight is 301 g/mol. The van der Waals surface area contributed by atoms with Crippen molar-refractivity contribution in [2.45, 2.75) is 35.9 Å². The predicted octanol–water partition coefficient (Wildman–Crippen LogP) is 1.91. The van der Waals surface area contributed by atoms with Crippen molar-refractivity contribution in [3.05, 3.63) is 17.0 Å². The fourth-order valence-electron chi connectivity index (χ4n) is 3.22. The van der Waals surface area contributed by atoms with Crippen molar-refractivity contribution in [1.29, 1.82) is 0 Å². The van der Waals surface area contributed by atoms with Gasteiger partial charge in [0.05, 0.1) is 5.56 Å². The Bertz CT molecular complexity index is 607. The maximum Gasteiger partial charge on any atom is 0.336 e. The highest BCUT2D eigenvalue weighted by Crippen LogP contribution is 2.44. The minimum Gasteiger partial charge on any atom is -0.478 e. The Balaban J connectivity index is 1.77. The van der Waals surface area contributed by atoms with Crippen molar-refractivity contribution in [3.8, 4) is 0 Å². The maximum atomic E-state index is 12.2. The number of carboxylic acid groups (broad SMARTS) is 1. The first-order valence-corrected chi connectivity index (χ1v) is 8.66. The number of rotatable bonds is 4. The minimum atomic E-state index is -3.57. The van der Waals surface area contributed by atoms with Crippen LogP contribution >= 0.6 is 11.3 Å². The number of hydrogen-bond acceptors (Lipinski definition) is 4. The van der Waals surface area contributed by atoms with E-state index in [-0.39, 0.29) is 15.8 Å². The van der Waals surface area contributed by atoms with E-state index >= 15 is 0 Å². The first-order chi connectivity index (χ1) is 8.95. The smallest absolute Gasteiger partial charge is 0.336 e. The van der Waals surface area contributed by atoms with E-state index in [1.165, 1.54) is 17.9 Å². The van der Waals surface area contributed by atoms with E-state index in [1.807, 2.05) is 0 Å². The van der Waals surface area contributed by atoms with E-state index in [9.17, 15) is 13.2 Å². The molecule has 0 amide bonds. The quantitative estimate of drug-likeness (QED) is 0.890. The average Bonchev–Trinajstić information content (AvgIpc) is 3.04. The lowest BCUT2D eigenvalue weighted by Gasteiger charge is -2.22. The van der Waals surface area contributed by atoms with E-state index in [4.69, 9.17) is 5.11 Å². The molecule has 2 aliphatic carbocycles. The molecule has 7 heteroatoms. The molecule has 1 aromatic heterocycles. The zero-order chi connectivity index (χ0) is 13.6. The van der Waals surface area contributed by atoms with E-state index in [0.717, 1.165) is 30.6 Å². The largest absolute Gasteiger partial charge is 0.478 e. The molecule has 5 nitrogen and oxygen atoms in total. The topological polar surface area (TPSA) is 83.5 Å². The summed E-state index contributed by atoms with van der Waals surface area (Å²) in [5.74, 6) is 0.0203. The molecule has 19 heavy (non-hydrogen) atoms. The summed E-state index contributed by atoms with van der Waals surface area (Å²) in [6.07, 6.45) is 4.35. The lowest BCUT2D eigenvalue weighted by atomic mass is 9.96. The molecule has 1 heterocycles. The minimum absolute atomic E-state index is 0.0262. The zero-order valence-corrected chi connectivity index (χ0v) is 11.8. The van der Waals surface area contributed by atoms with Crippen LogP contribution in [-0.2, 0) is 10.0 Å². The summed E-state index contributed by atoms with van der Waals surface area (Å²) >= 11 is 0.957. The molecule has 3 rings (SSSR count). The van der Waals surface area contributed by atoms with Gasteiger partial charge in [-0.2, -0.15) is 0 Å². The van der Waals surface area contributed by atoms with E-state index in [2.05, 4.69) is 4.72 Å². The number of carbonyl (C=O) groups is 1. The summed E-state index contributed by atoms with van der Waals surface area (Å²) in [5.41, 5.74) is 0.0262. The molecule has 2 N–H and O–H groups in total. The number of fused-ring (bicyclic) bond motifs is 2. The van der Waals surface area contributed by atoms with Gasteiger partial charge in [0.2, 0.25) is 10.0 Å². The molecule has 104 valence electrons. The van der Waals surface area contributed by atoms with Gasteiger partial charge in [0, 0.05) is 11.4 Å². The fourth-order valence-corrected chi connectivity index (χ4v) is 5.70. The second kappa shape index (κ2) is 4.57. The van der Waals surface area contributed by atoms with Gasteiger partial charge in [-0.1, -0.05) is 6.42 Å². The predicted molar refractivity (Wildman–Crippen MR) is 70.8 cm³/mol. The molecule has 3 atom stereocenters. The van der Waals surface area contributed by atoms with Gasteiger partial charge in [0.25, 0.3) is 0 Å². The normalized spacial score (nSPS) is 29.8. The second-order valence-electron chi connectivity index (χ2n) is 5.36. The molecule has 0 saturated heterocycles. The number of nitrogens with one attached hydrogen (secondary N) is 1. The third kappa shape index (κ3) is 2.42. The van der Waals surface area contributed by atoms with Crippen LogP contribution in [0.15, 0.2) is 15.7 Å². The Labute approximate surface area is 115 Å². The van der Waals surface area contributed by atoms with Crippen molar-refractivity contribution in [1.82, 2.24) is 4.72 Å². The van der Waals surface area contributed by atoms with Gasteiger partial charge >= 0.3 is 5.97 Å². The first kappa shape index (κ1) is 13.1. The van der Waals surface area contributed by atoms with Crippen LogP contribution in [0, 0.1) is 11.8 Å². The monoisotopic (exact) mass is 301 g/mol. The molecular formula is C12H15NO4S2. The van der Waals surface area contributed by atoms with Gasteiger partial charge in [-0.3, -0.25) is 0 Å². The summed E-state index contributed by atoms with van der Waals surface area (Å²) in [6, 6.07) is 1.25. The van der Waals surface area contributed by atoms with E-state index in [0.29, 0.717) is 11.8 Å². The Morgan fingerprint density at radius 3 is 2.68 bits per heavy atom. The third-order valence-electron chi connectivity index (χ3n) is 4.13. The summed E-state index contributed by atoms with van der Waals surface area (Å²) in [4.78, 5) is 10.8. The second-order valence-corrected chi connectivity index (χ2v) is 8.21. The van der Waals surface area contributed by atoms with Crippen molar-refractivity contribution >= 4 is 27.3 Å². The molecule has 2 fully saturated rings. The third-order valence-corrected chi connectivity index (χ3v) is 7.06. The van der Waals surface area contributed by atoms with Crippen LogP contribution in [0.2, 0.25) is 0 Å². The van der Waals surface area contributed by atoms with E-state index < -0.39 is 16.0 Å². The molecule has 3 unspecified atom stereocenters. The van der Waals surface area contributed by atoms with Gasteiger partial charge < -0.3 is 5.11 Å². The van der Waals surface area contributed by atoms with Gasteiger partial charge in [0.1, 0.15) is 4.21 Å². The lowest BCUT2D eigenvalue weighted by Crippen LogP contribution is -2.38. The number of sulfonamides is 1. The van der Waals surface area contributed by atoms with Crippen LogP contribution in [0.3, 0.4) is 0 Å². The van der Waals surface area contributed by atoms with Crippen LogP contribution in [0.25, 0.3) is 0 Å². The van der Waals surface area contributed by atoms with Gasteiger partial charge in [-0.15, -0.1) is 11.3 Å². The zero-order valence-electron chi connectivity index (χ0n) is 10.2. The SMILES string of the molecule is O=C(O)c1csc(S(=O)(=O)NC2CC3CCC2C3)c1. The Morgan fingerprint density at radius 1 is 1.37 bits per heavy atom.